The lowest BCUT2D eigenvalue weighted by Crippen LogP contribution is -2.39. The zero-order chi connectivity index (χ0) is 17.3. The highest BCUT2D eigenvalue weighted by Crippen LogP contribution is 2.17. The first-order valence-electron chi connectivity index (χ1n) is 7.70. The number of nitrogens with one attached hydrogen (secondary N) is 1. The lowest BCUT2D eigenvalue weighted by Gasteiger charge is -2.22. The molecule has 0 bridgehead atoms. The number of fused-ring (bicyclic) bond motifs is 1. The number of carbonyl (C=O) groups excluding carboxylic acids is 1. The maximum atomic E-state index is 12.2. The summed E-state index contributed by atoms with van der Waals surface area (Å²) in [6, 6.07) is 5.38. The average Bonchev–Trinajstić information content (AvgIpc) is 3.08. The predicted octanol–water partition coefficient (Wildman–Crippen LogP) is 0.0430. The maximum absolute atomic E-state index is 12.2. The van der Waals surface area contributed by atoms with Crippen molar-refractivity contribution in [3.8, 4) is 0 Å². The Balaban J connectivity index is 1.73. The Hall–Kier alpha value is -2.13. The van der Waals surface area contributed by atoms with Gasteiger partial charge in [0.05, 0.1) is 18.5 Å². The molecule has 3 rings (SSSR count). The maximum Gasteiger partial charge on any atom is 0.267 e. The van der Waals surface area contributed by atoms with Gasteiger partial charge < -0.3 is 9.88 Å². The van der Waals surface area contributed by atoms with Crippen LogP contribution in [0.15, 0.2) is 30.6 Å². The standard InChI is InChI=1S/C15H21N5O3S/c1-18-7-3-4-14(18)15(21)16-8-12-9-19(24(2,22)23)11-13-5-6-17-20(13)10-12/h3-7,12H,8-11H2,1-2H3,(H,16,21). The van der Waals surface area contributed by atoms with E-state index in [9.17, 15) is 13.2 Å². The smallest absolute Gasteiger partial charge is 0.267 e. The molecule has 8 nitrogen and oxygen atoms in total. The van der Waals surface area contributed by atoms with Crippen molar-refractivity contribution in [2.45, 2.75) is 13.1 Å². The minimum atomic E-state index is -3.32. The molecule has 0 aromatic carbocycles. The van der Waals surface area contributed by atoms with Gasteiger partial charge in [-0.1, -0.05) is 0 Å². The van der Waals surface area contributed by atoms with Gasteiger partial charge in [0.1, 0.15) is 5.69 Å². The Morgan fingerprint density at radius 1 is 1.38 bits per heavy atom. The van der Waals surface area contributed by atoms with Crippen LogP contribution in [0.25, 0.3) is 0 Å². The molecule has 1 N–H and O–H groups in total. The molecule has 0 spiro atoms. The molecule has 2 aromatic rings. The van der Waals surface area contributed by atoms with Crippen LogP contribution in [0.4, 0.5) is 0 Å². The number of hydrogen-bond acceptors (Lipinski definition) is 4. The molecule has 24 heavy (non-hydrogen) atoms. The van der Waals surface area contributed by atoms with Crippen LogP contribution in [-0.2, 0) is 30.2 Å². The van der Waals surface area contributed by atoms with Crippen molar-refractivity contribution < 1.29 is 13.2 Å². The van der Waals surface area contributed by atoms with E-state index in [0.717, 1.165) is 5.69 Å². The molecule has 0 saturated carbocycles. The molecular formula is C15H21N5O3S. The van der Waals surface area contributed by atoms with Gasteiger partial charge >= 0.3 is 0 Å². The van der Waals surface area contributed by atoms with Gasteiger partial charge in [0.2, 0.25) is 10.0 Å². The van der Waals surface area contributed by atoms with E-state index in [4.69, 9.17) is 0 Å². The molecule has 0 aliphatic carbocycles. The minimum Gasteiger partial charge on any atom is -0.350 e. The first-order chi connectivity index (χ1) is 11.3. The predicted molar refractivity (Wildman–Crippen MR) is 88.7 cm³/mol. The third-order valence-electron chi connectivity index (χ3n) is 4.23. The largest absolute Gasteiger partial charge is 0.350 e. The zero-order valence-electron chi connectivity index (χ0n) is 13.7. The van der Waals surface area contributed by atoms with Crippen molar-refractivity contribution in [1.82, 2.24) is 24.0 Å². The van der Waals surface area contributed by atoms with Crippen LogP contribution in [-0.4, -0.2) is 52.3 Å². The normalized spacial score (nSPS) is 18.8. The Kier molecular flexibility index (Phi) is 4.46. The van der Waals surface area contributed by atoms with Gasteiger partial charge in [-0.3, -0.25) is 9.48 Å². The molecule has 1 aliphatic heterocycles. The second-order valence-corrected chi connectivity index (χ2v) is 8.12. The summed E-state index contributed by atoms with van der Waals surface area (Å²) in [5, 5.41) is 7.15. The third-order valence-corrected chi connectivity index (χ3v) is 5.45. The van der Waals surface area contributed by atoms with Crippen molar-refractivity contribution in [1.29, 1.82) is 0 Å². The van der Waals surface area contributed by atoms with Crippen molar-refractivity contribution >= 4 is 15.9 Å². The summed E-state index contributed by atoms with van der Waals surface area (Å²) in [7, 11) is -1.51. The molecule has 0 saturated heterocycles. The second-order valence-electron chi connectivity index (χ2n) is 6.14. The van der Waals surface area contributed by atoms with Crippen molar-refractivity contribution in [3.05, 3.63) is 42.0 Å². The van der Waals surface area contributed by atoms with E-state index < -0.39 is 10.0 Å². The molecule has 0 radical (unpaired) electrons. The number of aryl methyl sites for hydroxylation is 1. The Labute approximate surface area is 141 Å². The van der Waals surface area contributed by atoms with Crippen molar-refractivity contribution in [3.63, 3.8) is 0 Å². The Morgan fingerprint density at radius 2 is 2.17 bits per heavy atom. The quantitative estimate of drug-likeness (QED) is 0.842. The molecule has 1 amide bonds. The summed E-state index contributed by atoms with van der Waals surface area (Å²) < 4.78 is 29.0. The number of carbonyl (C=O) groups is 1. The van der Waals surface area contributed by atoms with E-state index in [-0.39, 0.29) is 11.8 Å². The molecule has 1 aliphatic rings. The van der Waals surface area contributed by atoms with Crippen molar-refractivity contribution in [2.75, 3.05) is 19.3 Å². The minimum absolute atomic E-state index is 0.0508. The summed E-state index contributed by atoms with van der Waals surface area (Å²) >= 11 is 0. The Bertz CT molecular complexity index is 839. The molecule has 1 atom stereocenters. The lowest BCUT2D eigenvalue weighted by atomic mass is 10.1. The first-order valence-corrected chi connectivity index (χ1v) is 9.55. The summed E-state index contributed by atoms with van der Waals surface area (Å²) in [4.78, 5) is 12.2. The highest BCUT2D eigenvalue weighted by atomic mass is 32.2. The van der Waals surface area contributed by atoms with Gasteiger partial charge in [-0.2, -0.15) is 9.40 Å². The second kappa shape index (κ2) is 6.40. The average molecular weight is 351 g/mol. The molecule has 1 unspecified atom stereocenters. The summed E-state index contributed by atoms with van der Waals surface area (Å²) in [6.07, 6.45) is 4.68. The van der Waals surface area contributed by atoms with Gasteiger partial charge in [-0.05, 0) is 18.2 Å². The van der Waals surface area contributed by atoms with E-state index in [1.54, 1.807) is 16.8 Å². The third kappa shape index (κ3) is 3.51. The van der Waals surface area contributed by atoms with Crippen LogP contribution in [0.5, 0.6) is 0 Å². The molecule has 130 valence electrons. The molecule has 0 fully saturated rings. The van der Waals surface area contributed by atoms with E-state index in [2.05, 4.69) is 10.4 Å². The number of amides is 1. The fraction of sp³-hybridized carbons (Fsp3) is 0.467. The SMILES string of the molecule is Cn1cccc1C(=O)NCC1CN(S(C)(=O)=O)Cc2ccnn2C1. The molecule has 3 heterocycles. The lowest BCUT2D eigenvalue weighted by molar-refractivity contribution is 0.0936. The van der Waals surface area contributed by atoms with Gasteiger partial charge in [-0.15, -0.1) is 0 Å². The van der Waals surface area contributed by atoms with Gasteiger partial charge in [-0.25, -0.2) is 8.42 Å². The number of nitrogens with zero attached hydrogens (tertiary/aromatic N) is 4. The molecule has 9 heteroatoms. The molecular weight excluding hydrogens is 330 g/mol. The van der Waals surface area contributed by atoms with Crippen LogP contribution < -0.4 is 5.32 Å². The van der Waals surface area contributed by atoms with E-state index >= 15 is 0 Å². The number of sulfonamides is 1. The van der Waals surface area contributed by atoms with Gasteiger partial charge in [0.15, 0.2) is 0 Å². The van der Waals surface area contributed by atoms with E-state index in [0.29, 0.717) is 31.9 Å². The zero-order valence-corrected chi connectivity index (χ0v) is 14.5. The Morgan fingerprint density at radius 3 is 2.83 bits per heavy atom. The topological polar surface area (TPSA) is 89.2 Å². The van der Waals surface area contributed by atoms with Crippen LogP contribution in [0.2, 0.25) is 0 Å². The van der Waals surface area contributed by atoms with Crippen LogP contribution >= 0.6 is 0 Å². The fourth-order valence-corrected chi connectivity index (χ4v) is 3.75. The van der Waals surface area contributed by atoms with Crippen LogP contribution in [0.1, 0.15) is 16.2 Å². The summed E-state index contributed by atoms with van der Waals surface area (Å²) in [5.41, 5.74) is 1.43. The van der Waals surface area contributed by atoms with Crippen molar-refractivity contribution in [2.24, 2.45) is 13.0 Å². The monoisotopic (exact) mass is 351 g/mol. The van der Waals surface area contributed by atoms with Crippen LogP contribution in [0, 0.1) is 5.92 Å². The fourth-order valence-electron chi connectivity index (χ4n) is 2.90. The van der Waals surface area contributed by atoms with E-state index in [1.165, 1.54) is 10.6 Å². The molecule has 2 aromatic heterocycles. The highest BCUT2D eigenvalue weighted by molar-refractivity contribution is 7.88. The van der Waals surface area contributed by atoms with Gasteiger partial charge in [0.25, 0.3) is 5.91 Å². The van der Waals surface area contributed by atoms with Gasteiger partial charge in [0, 0.05) is 45.0 Å². The summed E-state index contributed by atoms with van der Waals surface area (Å²) in [6.45, 7) is 1.62. The summed E-state index contributed by atoms with van der Waals surface area (Å²) in [5.74, 6) is -0.219. The highest BCUT2D eigenvalue weighted by Gasteiger charge is 2.28. The van der Waals surface area contributed by atoms with Crippen LogP contribution in [0.3, 0.4) is 0 Å². The number of aromatic nitrogens is 3. The number of hydrogen-bond donors (Lipinski definition) is 1. The number of rotatable bonds is 4. The van der Waals surface area contributed by atoms with E-state index in [1.807, 2.05) is 30.1 Å². The first kappa shape index (κ1) is 16.7.